The van der Waals surface area contributed by atoms with Crippen LogP contribution in [0, 0.1) is 0 Å². The van der Waals surface area contributed by atoms with Gasteiger partial charge < -0.3 is 4.74 Å². The number of pyridine rings is 1. The van der Waals surface area contributed by atoms with E-state index in [-0.39, 0.29) is 5.91 Å². The minimum absolute atomic E-state index is 0.216. The van der Waals surface area contributed by atoms with E-state index < -0.39 is 0 Å². The molecule has 1 amide bonds. The Balaban J connectivity index is 1.71. The van der Waals surface area contributed by atoms with Gasteiger partial charge in [0.25, 0.3) is 5.91 Å². The Labute approximate surface area is 129 Å². The maximum atomic E-state index is 12.0. The Morgan fingerprint density at radius 1 is 1.23 bits per heavy atom. The van der Waals surface area contributed by atoms with E-state index in [9.17, 15) is 4.79 Å². The summed E-state index contributed by atoms with van der Waals surface area (Å²) in [5.74, 6) is 0.712. The monoisotopic (exact) mass is 295 g/mol. The molecular weight excluding hydrogens is 278 g/mol. The maximum Gasteiger partial charge on any atom is 0.271 e. The standard InChI is InChI=1S/C17H17N3O2/c1-22-16-4-2-3-13-11-14(5-6-15(13)16)19-20-17(21)12-7-9-18-10-8-12/h2-4,7-10H,5-6,11H2,1H3,(H,20,21)/b19-14+. The number of ether oxygens (including phenoxy) is 1. The van der Waals surface area contributed by atoms with Gasteiger partial charge in [-0.15, -0.1) is 0 Å². The molecule has 0 atom stereocenters. The summed E-state index contributed by atoms with van der Waals surface area (Å²) in [5.41, 5.74) is 6.60. The van der Waals surface area contributed by atoms with Crippen LogP contribution in [-0.4, -0.2) is 23.7 Å². The van der Waals surface area contributed by atoms with Gasteiger partial charge in [-0.05, 0) is 42.2 Å². The van der Waals surface area contributed by atoms with E-state index in [0.717, 1.165) is 30.7 Å². The summed E-state index contributed by atoms with van der Waals surface area (Å²) in [6.07, 6.45) is 5.62. The molecule has 3 rings (SSSR count). The lowest BCUT2D eigenvalue weighted by molar-refractivity contribution is 0.0954. The van der Waals surface area contributed by atoms with Gasteiger partial charge in [0.05, 0.1) is 7.11 Å². The minimum Gasteiger partial charge on any atom is -0.496 e. The number of carbonyl (C=O) groups excluding carboxylic acids is 1. The third-order valence-electron chi connectivity index (χ3n) is 3.77. The lowest BCUT2D eigenvalue weighted by atomic mass is 9.90. The number of methoxy groups -OCH3 is 1. The van der Waals surface area contributed by atoms with Gasteiger partial charge in [-0.2, -0.15) is 5.10 Å². The van der Waals surface area contributed by atoms with Gasteiger partial charge in [0.15, 0.2) is 0 Å². The van der Waals surface area contributed by atoms with E-state index >= 15 is 0 Å². The highest BCUT2D eigenvalue weighted by Crippen LogP contribution is 2.28. The van der Waals surface area contributed by atoms with E-state index in [1.807, 2.05) is 12.1 Å². The van der Waals surface area contributed by atoms with E-state index in [1.165, 1.54) is 11.1 Å². The first-order chi connectivity index (χ1) is 10.8. The number of nitrogens with zero attached hydrogens (tertiary/aromatic N) is 2. The van der Waals surface area contributed by atoms with Crippen molar-refractivity contribution in [3.8, 4) is 5.75 Å². The van der Waals surface area contributed by atoms with Crippen molar-refractivity contribution in [1.29, 1.82) is 0 Å². The second-order valence-electron chi connectivity index (χ2n) is 5.13. The third kappa shape index (κ3) is 2.98. The second-order valence-corrected chi connectivity index (χ2v) is 5.13. The molecule has 22 heavy (non-hydrogen) atoms. The van der Waals surface area contributed by atoms with Crippen LogP contribution < -0.4 is 10.2 Å². The Morgan fingerprint density at radius 2 is 2.05 bits per heavy atom. The van der Waals surface area contributed by atoms with Crippen LogP contribution in [0.4, 0.5) is 0 Å². The van der Waals surface area contributed by atoms with Crippen LogP contribution in [0.2, 0.25) is 0 Å². The van der Waals surface area contributed by atoms with Crippen molar-refractivity contribution in [2.45, 2.75) is 19.3 Å². The fourth-order valence-corrected chi connectivity index (χ4v) is 2.62. The zero-order valence-electron chi connectivity index (χ0n) is 12.4. The van der Waals surface area contributed by atoms with Crippen LogP contribution in [0.5, 0.6) is 5.75 Å². The van der Waals surface area contributed by atoms with Gasteiger partial charge in [0.1, 0.15) is 5.75 Å². The first kappa shape index (κ1) is 14.3. The zero-order valence-corrected chi connectivity index (χ0v) is 12.4. The number of amides is 1. The van der Waals surface area contributed by atoms with Gasteiger partial charge in [-0.25, -0.2) is 5.43 Å². The fraction of sp³-hybridized carbons (Fsp3) is 0.235. The van der Waals surface area contributed by atoms with Gasteiger partial charge in [0.2, 0.25) is 0 Å². The molecule has 112 valence electrons. The van der Waals surface area contributed by atoms with E-state index in [0.29, 0.717) is 5.56 Å². The van der Waals surface area contributed by atoms with E-state index in [1.54, 1.807) is 31.6 Å². The molecular formula is C17H17N3O2. The molecule has 5 nitrogen and oxygen atoms in total. The molecule has 1 aliphatic rings. The number of aromatic nitrogens is 1. The molecule has 0 bridgehead atoms. The number of benzene rings is 1. The van der Waals surface area contributed by atoms with Crippen LogP contribution >= 0.6 is 0 Å². The van der Waals surface area contributed by atoms with Crippen molar-refractivity contribution in [2.75, 3.05) is 7.11 Å². The lowest BCUT2D eigenvalue weighted by Crippen LogP contribution is -2.23. The van der Waals surface area contributed by atoms with Crippen LogP contribution in [0.25, 0.3) is 0 Å². The van der Waals surface area contributed by atoms with Gasteiger partial charge in [-0.3, -0.25) is 9.78 Å². The predicted octanol–water partition coefficient (Wildman–Crippen LogP) is 2.36. The zero-order chi connectivity index (χ0) is 15.4. The Bertz CT molecular complexity index is 711. The van der Waals surface area contributed by atoms with Gasteiger partial charge >= 0.3 is 0 Å². The van der Waals surface area contributed by atoms with Gasteiger partial charge in [-0.1, -0.05) is 12.1 Å². The molecule has 1 N–H and O–H groups in total. The number of nitrogens with one attached hydrogen (secondary N) is 1. The van der Waals surface area contributed by atoms with Crippen molar-refractivity contribution < 1.29 is 9.53 Å². The van der Waals surface area contributed by atoms with Crippen molar-refractivity contribution in [3.63, 3.8) is 0 Å². The number of carbonyl (C=O) groups is 1. The number of fused-ring (bicyclic) bond motifs is 1. The summed E-state index contributed by atoms with van der Waals surface area (Å²) in [6.45, 7) is 0. The maximum absolute atomic E-state index is 12.0. The summed E-state index contributed by atoms with van der Waals surface area (Å²) in [7, 11) is 1.69. The van der Waals surface area contributed by atoms with Crippen molar-refractivity contribution in [1.82, 2.24) is 10.4 Å². The molecule has 5 heteroatoms. The second kappa shape index (κ2) is 6.39. The number of hydrogen-bond acceptors (Lipinski definition) is 4. The summed E-state index contributed by atoms with van der Waals surface area (Å²) < 4.78 is 5.39. The first-order valence-corrected chi connectivity index (χ1v) is 7.18. The lowest BCUT2D eigenvalue weighted by Gasteiger charge is -2.19. The normalized spacial score (nSPS) is 15.2. The van der Waals surface area contributed by atoms with Crippen molar-refractivity contribution in [3.05, 3.63) is 59.4 Å². The molecule has 1 aromatic carbocycles. The summed E-state index contributed by atoms with van der Waals surface area (Å²) in [6, 6.07) is 9.37. The number of hydrogen-bond donors (Lipinski definition) is 1. The van der Waals surface area contributed by atoms with Crippen LogP contribution in [-0.2, 0) is 12.8 Å². The quantitative estimate of drug-likeness (QED) is 0.884. The average molecular weight is 295 g/mol. The summed E-state index contributed by atoms with van der Waals surface area (Å²) in [4.78, 5) is 15.9. The Kier molecular flexibility index (Phi) is 4.14. The SMILES string of the molecule is COc1cccc2c1CC/C(=N\NC(=O)c1ccncc1)C2. The molecule has 0 radical (unpaired) electrons. The van der Waals surface area contributed by atoms with Crippen LogP contribution in [0.15, 0.2) is 47.8 Å². The largest absolute Gasteiger partial charge is 0.496 e. The Morgan fingerprint density at radius 3 is 2.82 bits per heavy atom. The highest BCUT2D eigenvalue weighted by atomic mass is 16.5. The minimum atomic E-state index is -0.216. The highest BCUT2D eigenvalue weighted by molar-refractivity contribution is 5.96. The molecule has 0 fully saturated rings. The molecule has 0 spiro atoms. The average Bonchev–Trinajstić information content (AvgIpc) is 2.59. The molecule has 0 saturated heterocycles. The van der Waals surface area contributed by atoms with Crippen molar-refractivity contribution >= 4 is 11.6 Å². The predicted molar refractivity (Wildman–Crippen MR) is 84.2 cm³/mol. The van der Waals surface area contributed by atoms with Crippen LogP contribution in [0.1, 0.15) is 27.9 Å². The molecule has 1 aromatic heterocycles. The summed E-state index contributed by atoms with van der Waals surface area (Å²) >= 11 is 0. The van der Waals surface area contributed by atoms with E-state index in [4.69, 9.17) is 4.74 Å². The topological polar surface area (TPSA) is 63.6 Å². The smallest absolute Gasteiger partial charge is 0.271 e. The first-order valence-electron chi connectivity index (χ1n) is 7.18. The van der Waals surface area contributed by atoms with E-state index in [2.05, 4.69) is 21.6 Å². The summed E-state index contributed by atoms with van der Waals surface area (Å²) in [5, 5.41) is 4.27. The number of hydrazone groups is 1. The molecule has 2 aromatic rings. The van der Waals surface area contributed by atoms with Gasteiger partial charge in [0, 0.05) is 30.1 Å². The molecule has 0 unspecified atom stereocenters. The van der Waals surface area contributed by atoms with Crippen molar-refractivity contribution in [2.24, 2.45) is 5.10 Å². The molecule has 0 aliphatic heterocycles. The highest BCUT2D eigenvalue weighted by Gasteiger charge is 2.18. The molecule has 0 saturated carbocycles. The number of rotatable bonds is 3. The van der Waals surface area contributed by atoms with Crippen LogP contribution in [0.3, 0.4) is 0 Å². The fourth-order valence-electron chi connectivity index (χ4n) is 2.62. The molecule has 1 aliphatic carbocycles. The molecule has 1 heterocycles. The third-order valence-corrected chi connectivity index (χ3v) is 3.77. The Hall–Kier alpha value is -2.69.